The number of unbranched alkanes of at least 4 members (excludes halogenated alkanes) is 4. The van der Waals surface area contributed by atoms with Crippen LogP contribution in [0.5, 0.6) is 0 Å². The summed E-state index contributed by atoms with van der Waals surface area (Å²) in [5.74, 6) is -80.8. The molecule has 0 aliphatic rings. The summed E-state index contributed by atoms with van der Waals surface area (Å²) in [5, 5.41) is -6.25. The fraction of sp³-hybridized carbons (Fsp3) is 0.944. The van der Waals surface area contributed by atoms with Crippen molar-refractivity contribution in [3.63, 3.8) is 0 Å². The third kappa shape index (κ3) is 5.82. The van der Waals surface area contributed by atoms with E-state index in [0.29, 0.717) is 19.3 Å². The lowest BCUT2D eigenvalue weighted by Crippen LogP contribution is -2.77. The lowest BCUT2D eigenvalue weighted by Gasteiger charge is -2.44. The number of carbonyl (C=O) groups excluding carboxylic acids is 1. The number of hydrogen-bond acceptors (Lipinski definition) is 1. The van der Waals surface area contributed by atoms with Gasteiger partial charge in [-0.15, -0.1) is 0 Å². The molecular formula is C18H16ClF20NO. The van der Waals surface area contributed by atoms with Crippen LogP contribution in [-0.4, -0.2) is 71.1 Å². The normalized spacial score (nSPS) is 15.8. The van der Waals surface area contributed by atoms with Crippen LogP contribution in [0.4, 0.5) is 87.8 Å². The zero-order valence-corrected chi connectivity index (χ0v) is 20.3. The van der Waals surface area contributed by atoms with E-state index in [1.807, 2.05) is 0 Å². The summed E-state index contributed by atoms with van der Waals surface area (Å²) in [4.78, 5) is 11.3. The molecule has 0 unspecified atom stereocenters. The minimum absolute atomic E-state index is 0.0686. The van der Waals surface area contributed by atoms with Crippen molar-refractivity contribution < 1.29 is 92.6 Å². The highest BCUT2D eigenvalue weighted by molar-refractivity contribution is 6.22. The molecule has 0 rings (SSSR count). The average molecular weight is 678 g/mol. The van der Waals surface area contributed by atoms with Gasteiger partial charge in [-0.1, -0.05) is 32.6 Å². The minimum Gasteiger partial charge on any atom is -0.351 e. The van der Waals surface area contributed by atoms with Gasteiger partial charge in [-0.25, -0.2) is 0 Å². The van der Waals surface area contributed by atoms with Crippen LogP contribution >= 0.6 is 11.6 Å². The summed E-state index contributed by atoms with van der Waals surface area (Å²) < 4.78 is 269. The highest BCUT2D eigenvalue weighted by atomic mass is 35.5. The van der Waals surface area contributed by atoms with Gasteiger partial charge in [0.1, 0.15) is 0 Å². The maximum atomic E-state index is 13.8. The molecule has 23 heteroatoms. The minimum atomic E-state index is -9.15. The molecule has 0 aromatic rings. The molecule has 0 fully saturated rings. The highest BCUT2D eigenvalue weighted by Gasteiger charge is 2.98. The number of hydrogen-bond donors (Lipinski definition) is 1. The largest absolute Gasteiger partial charge is 0.393 e. The molecule has 0 heterocycles. The summed E-state index contributed by atoms with van der Waals surface area (Å²) in [6.07, 6.45) is 1.16. The Morgan fingerprint density at radius 2 is 0.780 bits per heavy atom. The van der Waals surface area contributed by atoms with Crippen LogP contribution in [0.15, 0.2) is 0 Å². The van der Waals surface area contributed by atoms with Crippen molar-refractivity contribution in [1.82, 2.24) is 5.32 Å². The zero-order valence-electron chi connectivity index (χ0n) is 19.6. The first-order valence-electron chi connectivity index (χ1n) is 10.5. The van der Waals surface area contributed by atoms with E-state index in [0.717, 1.165) is 5.32 Å². The number of nitrogens with one attached hydrogen (secondary N) is 1. The molecule has 246 valence electrons. The van der Waals surface area contributed by atoms with Gasteiger partial charge in [-0.2, -0.15) is 87.8 Å². The first kappa shape index (κ1) is 39.4. The number of rotatable bonds is 16. The molecular weight excluding hydrogens is 662 g/mol. The van der Waals surface area contributed by atoms with E-state index in [1.165, 1.54) is 0 Å². The molecule has 0 spiro atoms. The Hall–Kier alpha value is -1.64. The van der Waals surface area contributed by atoms with Crippen LogP contribution < -0.4 is 5.32 Å². The fourth-order valence-corrected chi connectivity index (χ4v) is 2.86. The first-order valence-corrected chi connectivity index (χ1v) is 10.9. The summed E-state index contributed by atoms with van der Waals surface area (Å²) in [7, 11) is 0. The second-order valence-corrected chi connectivity index (χ2v) is 8.81. The summed E-state index contributed by atoms with van der Waals surface area (Å²) >= 11 is 3.33. The van der Waals surface area contributed by atoms with E-state index in [1.54, 1.807) is 6.92 Å². The van der Waals surface area contributed by atoms with Crippen molar-refractivity contribution in [3.05, 3.63) is 0 Å². The third-order valence-electron chi connectivity index (χ3n) is 5.36. The lowest BCUT2D eigenvalue weighted by molar-refractivity contribution is -0.464. The number of halogens is 21. The molecule has 0 atom stereocenters. The predicted molar refractivity (Wildman–Crippen MR) is 97.1 cm³/mol. The molecule has 0 bridgehead atoms. The second-order valence-electron chi connectivity index (χ2n) is 8.34. The first-order chi connectivity index (χ1) is 17.7. The molecule has 0 aliphatic heterocycles. The number of amides is 1. The lowest BCUT2D eigenvalue weighted by atomic mass is 9.86. The van der Waals surface area contributed by atoms with Crippen molar-refractivity contribution in [3.8, 4) is 0 Å². The van der Waals surface area contributed by atoms with Gasteiger partial charge in [-0.3, -0.25) is 4.79 Å². The summed E-state index contributed by atoms with van der Waals surface area (Å²) in [6, 6.07) is 0. The number of carbonyl (C=O) groups is 1. The van der Waals surface area contributed by atoms with E-state index in [4.69, 9.17) is 0 Å². The van der Waals surface area contributed by atoms with Crippen molar-refractivity contribution >= 4 is 17.5 Å². The monoisotopic (exact) mass is 677 g/mol. The summed E-state index contributed by atoms with van der Waals surface area (Å²) in [5.41, 5.74) is 0. The van der Waals surface area contributed by atoms with Gasteiger partial charge in [0.2, 0.25) is 0 Å². The van der Waals surface area contributed by atoms with Crippen molar-refractivity contribution in [2.75, 3.05) is 6.54 Å². The van der Waals surface area contributed by atoms with Gasteiger partial charge < -0.3 is 5.32 Å². The van der Waals surface area contributed by atoms with E-state index in [2.05, 4.69) is 11.6 Å². The van der Waals surface area contributed by atoms with E-state index < -0.39 is 71.1 Å². The van der Waals surface area contributed by atoms with Crippen LogP contribution in [0.1, 0.15) is 39.0 Å². The topological polar surface area (TPSA) is 29.1 Å². The fourth-order valence-electron chi connectivity index (χ4n) is 2.74. The Morgan fingerprint density at radius 1 is 0.488 bits per heavy atom. The Labute approximate surface area is 220 Å². The van der Waals surface area contributed by atoms with E-state index >= 15 is 0 Å². The molecule has 0 aromatic carbocycles. The molecule has 2 nitrogen and oxygen atoms in total. The Kier molecular flexibility index (Phi) is 11.0. The molecule has 0 radical (unpaired) electrons. The molecule has 1 amide bonds. The smallest absolute Gasteiger partial charge is 0.351 e. The number of alkyl halides is 21. The van der Waals surface area contributed by atoms with Crippen LogP contribution in [-0.2, 0) is 4.79 Å². The summed E-state index contributed by atoms with van der Waals surface area (Å²) in [6.45, 7) is 0.616. The van der Waals surface area contributed by atoms with Crippen molar-refractivity contribution in [2.24, 2.45) is 0 Å². The molecule has 0 saturated carbocycles. The van der Waals surface area contributed by atoms with Gasteiger partial charge in [0.15, 0.2) is 0 Å². The predicted octanol–water partition coefficient (Wildman–Crippen LogP) is 8.62. The van der Waals surface area contributed by atoms with Crippen LogP contribution in [0.25, 0.3) is 0 Å². The van der Waals surface area contributed by atoms with Gasteiger partial charge in [0, 0.05) is 6.54 Å². The van der Waals surface area contributed by atoms with Gasteiger partial charge in [-0.05, 0) is 18.0 Å². The third-order valence-corrected chi connectivity index (χ3v) is 5.60. The zero-order chi connectivity index (χ0) is 33.5. The molecule has 1 N–H and O–H groups in total. The second kappa shape index (κ2) is 11.5. The Morgan fingerprint density at radius 3 is 1.10 bits per heavy atom. The maximum Gasteiger partial charge on any atom is 0.393 e. The van der Waals surface area contributed by atoms with Gasteiger partial charge >= 0.3 is 58.7 Å². The Bertz CT molecular complexity index is 912. The standard InChI is InChI=1S/C18H16ClF20NO/c1-2-3-4-5-6-7-40-8(41)9(20,21)10(22,23)11(24,25)12(26,27)13(28,29)14(30,31)15(32,33)16(34,35)17(36,37)18(19,38)39/h2-7H2,1H3,(H,40,41). The van der Waals surface area contributed by atoms with E-state index in [9.17, 15) is 92.6 Å². The average Bonchev–Trinajstić information content (AvgIpc) is 2.79. The van der Waals surface area contributed by atoms with E-state index in [-0.39, 0.29) is 12.8 Å². The van der Waals surface area contributed by atoms with Crippen molar-refractivity contribution in [2.45, 2.75) is 97.7 Å². The van der Waals surface area contributed by atoms with Crippen LogP contribution in [0.3, 0.4) is 0 Å². The molecule has 41 heavy (non-hydrogen) atoms. The van der Waals surface area contributed by atoms with Crippen LogP contribution in [0, 0.1) is 0 Å². The molecule has 0 saturated heterocycles. The molecule has 0 aliphatic carbocycles. The Balaban J connectivity index is 6.63. The SMILES string of the molecule is CCCCCCCNC(=O)C(F)(F)C(F)(F)C(F)(F)C(F)(F)C(F)(F)C(F)(F)C(F)(F)C(F)(F)C(F)(F)C(F)(F)Cl. The van der Waals surface area contributed by atoms with Gasteiger partial charge in [0.25, 0.3) is 5.91 Å². The van der Waals surface area contributed by atoms with Crippen molar-refractivity contribution in [1.29, 1.82) is 0 Å². The maximum absolute atomic E-state index is 13.8. The van der Waals surface area contributed by atoms with Crippen LogP contribution in [0.2, 0.25) is 0 Å². The molecule has 0 aromatic heterocycles. The quantitative estimate of drug-likeness (QED) is 0.0990. The van der Waals surface area contributed by atoms with Gasteiger partial charge in [0.05, 0.1) is 0 Å². The highest BCUT2D eigenvalue weighted by Crippen LogP contribution is 2.66.